The third-order valence-electron chi connectivity index (χ3n) is 3.13. The van der Waals surface area contributed by atoms with E-state index in [1.807, 2.05) is 43.3 Å². The molecule has 2 N–H and O–H groups in total. The highest BCUT2D eigenvalue weighted by Crippen LogP contribution is 2.18. The van der Waals surface area contributed by atoms with Crippen LogP contribution in [0.4, 0.5) is 11.4 Å². The molecule has 21 heavy (non-hydrogen) atoms. The molecule has 0 fully saturated rings. The van der Waals surface area contributed by atoms with Crippen LogP contribution in [0.5, 0.6) is 5.75 Å². The Morgan fingerprint density at radius 2 is 1.71 bits per heavy atom. The van der Waals surface area contributed by atoms with E-state index in [-0.39, 0.29) is 24.8 Å². The van der Waals surface area contributed by atoms with Gasteiger partial charge in [-0.1, -0.05) is 18.2 Å². The van der Waals surface area contributed by atoms with E-state index in [0.29, 0.717) is 6.61 Å². The monoisotopic (exact) mass is 328 g/mol. The van der Waals surface area contributed by atoms with Gasteiger partial charge in [0.05, 0.1) is 6.54 Å². The van der Waals surface area contributed by atoms with Gasteiger partial charge >= 0.3 is 0 Å². The van der Waals surface area contributed by atoms with Crippen LogP contribution in [0.15, 0.2) is 48.5 Å². The molecule has 2 aromatic rings. The van der Waals surface area contributed by atoms with Gasteiger partial charge in [-0.15, -0.1) is 24.8 Å². The fourth-order valence-corrected chi connectivity index (χ4v) is 1.85. The van der Waals surface area contributed by atoms with Crippen LogP contribution in [0.2, 0.25) is 0 Å². The third-order valence-corrected chi connectivity index (χ3v) is 3.13. The van der Waals surface area contributed by atoms with Gasteiger partial charge in [-0.3, -0.25) is 0 Å². The number of hydrogen-bond acceptors (Lipinski definition) is 3. The molecule has 0 radical (unpaired) electrons. The lowest BCUT2D eigenvalue weighted by Gasteiger charge is -2.19. The zero-order valence-electron chi connectivity index (χ0n) is 12.3. The number of benzene rings is 2. The molecule has 2 rings (SSSR count). The summed E-state index contributed by atoms with van der Waals surface area (Å²) < 4.78 is 5.74. The summed E-state index contributed by atoms with van der Waals surface area (Å²) in [5.74, 6) is 0.869. The van der Waals surface area contributed by atoms with Gasteiger partial charge in [-0.25, -0.2) is 0 Å². The normalized spacial score (nSPS) is 9.24. The van der Waals surface area contributed by atoms with Crippen LogP contribution in [-0.2, 0) is 0 Å². The van der Waals surface area contributed by atoms with E-state index in [1.54, 1.807) is 0 Å². The zero-order chi connectivity index (χ0) is 13.7. The zero-order valence-corrected chi connectivity index (χ0v) is 13.9. The number of halogens is 2. The highest BCUT2D eigenvalue weighted by molar-refractivity contribution is 5.85. The fraction of sp³-hybridized carbons (Fsp3) is 0.250. The number of likely N-dealkylation sites (N-methyl/N-ethyl adjacent to an activating group) is 1. The van der Waals surface area contributed by atoms with Crippen molar-refractivity contribution in [3.05, 3.63) is 54.1 Å². The van der Waals surface area contributed by atoms with Crippen molar-refractivity contribution in [1.29, 1.82) is 0 Å². The molecule has 3 nitrogen and oxygen atoms in total. The summed E-state index contributed by atoms with van der Waals surface area (Å²) in [6.45, 7) is 3.47. The molecule has 0 atom stereocenters. The molecule has 2 aromatic carbocycles. The van der Waals surface area contributed by atoms with Gasteiger partial charge in [0.25, 0.3) is 0 Å². The molecule has 0 unspecified atom stereocenters. The smallest absolute Gasteiger partial charge is 0.119 e. The highest BCUT2D eigenvalue weighted by atomic mass is 35.5. The SMILES string of the molecule is Cc1cc(OCCN(C)c2ccccc2)ccc1N.Cl.Cl. The predicted octanol–water partition coefficient (Wildman–Crippen LogP) is 3.94. The summed E-state index contributed by atoms with van der Waals surface area (Å²) >= 11 is 0. The summed E-state index contributed by atoms with van der Waals surface area (Å²) in [6, 6.07) is 16.0. The number of aryl methyl sites for hydroxylation is 1. The molecule has 0 saturated heterocycles. The van der Waals surface area contributed by atoms with Crippen LogP contribution in [-0.4, -0.2) is 20.2 Å². The molecule has 0 bridgehead atoms. The number of rotatable bonds is 5. The van der Waals surface area contributed by atoms with E-state index in [1.165, 1.54) is 5.69 Å². The molecule has 0 saturated carbocycles. The quantitative estimate of drug-likeness (QED) is 0.845. The fourth-order valence-electron chi connectivity index (χ4n) is 1.85. The molecule has 0 amide bonds. The van der Waals surface area contributed by atoms with Gasteiger partial charge in [0.2, 0.25) is 0 Å². The second-order valence-corrected chi connectivity index (χ2v) is 4.62. The Morgan fingerprint density at radius 3 is 2.33 bits per heavy atom. The Morgan fingerprint density at radius 1 is 1.05 bits per heavy atom. The Kier molecular flexibility index (Phi) is 8.67. The molecule has 0 aromatic heterocycles. The minimum absolute atomic E-state index is 0. The number of para-hydroxylation sites is 1. The average molecular weight is 329 g/mol. The van der Waals surface area contributed by atoms with Crippen molar-refractivity contribution in [1.82, 2.24) is 0 Å². The Bertz CT molecular complexity index is 535. The lowest BCUT2D eigenvalue weighted by atomic mass is 10.2. The largest absolute Gasteiger partial charge is 0.492 e. The lowest BCUT2D eigenvalue weighted by Crippen LogP contribution is -2.23. The van der Waals surface area contributed by atoms with Crippen LogP contribution < -0.4 is 15.4 Å². The van der Waals surface area contributed by atoms with Gasteiger partial charge in [-0.05, 0) is 42.8 Å². The van der Waals surface area contributed by atoms with Crippen molar-refractivity contribution >= 4 is 36.2 Å². The first-order valence-corrected chi connectivity index (χ1v) is 6.42. The molecule has 0 aliphatic carbocycles. The van der Waals surface area contributed by atoms with E-state index in [9.17, 15) is 0 Å². The van der Waals surface area contributed by atoms with Gasteiger partial charge in [0.1, 0.15) is 12.4 Å². The van der Waals surface area contributed by atoms with Crippen molar-refractivity contribution < 1.29 is 4.74 Å². The number of ether oxygens (including phenoxy) is 1. The number of nitrogens with two attached hydrogens (primary N) is 1. The third kappa shape index (κ3) is 5.74. The van der Waals surface area contributed by atoms with E-state index in [4.69, 9.17) is 10.5 Å². The molecular formula is C16H22Cl2N2O. The second-order valence-electron chi connectivity index (χ2n) is 4.62. The van der Waals surface area contributed by atoms with Crippen molar-refractivity contribution in [2.24, 2.45) is 0 Å². The number of nitrogens with zero attached hydrogens (tertiary/aromatic N) is 1. The molecule has 0 aliphatic rings. The van der Waals surface area contributed by atoms with Gasteiger partial charge in [0, 0.05) is 18.4 Å². The topological polar surface area (TPSA) is 38.5 Å². The minimum Gasteiger partial charge on any atom is -0.492 e. The Labute approximate surface area is 138 Å². The van der Waals surface area contributed by atoms with Crippen LogP contribution in [0.3, 0.4) is 0 Å². The van der Waals surface area contributed by atoms with E-state index >= 15 is 0 Å². The van der Waals surface area contributed by atoms with Gasteiger partial charge in [0.15, 0.2) is 0 Å². The maximum absolute atomic E-state index is 5.78. The Hall–Kier alpha value is -1.58. The molecule has 0 aliphatic heterocycles. The summed E-state index contributed by atoms with van der Waals surface area (Å²) in [5, 5.41) is 0. The first kappa shape index (κ1) is 19.4. The van der Waals surface area contributed by atoms with Crippen LogP contribution >= 0.6 is 24.8 Å². The first-order chi connectivity index (χ1) is 9.16. The molecule has 0 spiro atoms. The summed E-state index contributed by atoms with van der Waals surface area (Å²) in [7, 11) is 2.06. The summed E-state index contributed by atoms with van der Waals surface area (Å²) in [4.78, 5) is 2.17. The number of nitrogen functional groups attached to an aromatic ring is 1. The summed E-state index contributed by atoms with van der Waals surface area (Å²) in [6.07, 6.45) is 0. The van der Waals surface area contributed by atoms with Crippen molar-refractivity contribution in [3.63, 3.8) is 0 Å². The van der Waals surface area contributed by atoms with Gasteiger partial charge in [-0.2, -0.15) is 0 Å². The standard InChI is InChI=1S/C16H20N2O.2ClH/c1-13-12-15(8-9-16(13)17)19-11-10-18(2)14-6-4-3-5-7-14;;/h3-9,12H,10-11,17H2,1-2H3;2*1H. The Balaban J connectivity index is 0.00000200. The number of anilines is 2. The number of hydrogen-bond donors (Lipinski definition) is 1. The van der Waals surface area contributed by atoms with Crippen LogP contribution in [0.1, 0.15) is 5.56 Å². The van der Waals surface area contributed by atoms with Crippen LogP contribution in [0, 0.1) is 6.92 Å². The molecule has 0 heterocycles. The second kappa shape index (κ2) is 9.37. The predicted molar refractivity (Wildman–Crippen MR) is 95.3 cm³/mol. The van der Waals surface area contributed by atoms with E-state index in [0.717, 1.165) is 23.5 Å². The van der Waals surface area contributed by atoms with E-state index < -0.39 is 0 Å². The highest BCUT2D eigenvalue weighted by Gasteiger charge is 2.01. The minimum atomic E-state index is 0. The van der Waals surface area contributed by atoms with Crippen molar-refractivity contribution in [2.75, 3.05) is 30.8 Å². The molecule has 116 valence electrons. The molecular weight excluding hydrogens is 307 g/mol. The van der Waals surface area contributed by atoms with Crippen molar-refractivity contribution in [3.8, 4) is 5.75 Å². The average Bonchev–Trinajstić information content (AvgIpc) is 2.43. The molecule has 5 heteroatoms. The van der Waals surface area contributed by atoms with Crippen molar-refractivity contribution in [2.45, 2.75) is 6.92 Å². The van der Waals surface area contributed by atoms with E-state index in [2.05, 4.69) is 24.1 Å². The first-order valence-electron chi connectivity index (χ1n) is 6.42. The summed E-state index contributed by atoms with van der Waals surface area (Å²) in [5.41, 5.74) is 8.82. The maximum Gasteiger partial charge on any atom is 0.119 e. The van der Waals surface area contributed by atoms with Crippen LogP contribution in [0.25, 0.3) is 0 Å². The van der Waals surface area contributed by atoms with Gasteiger partial charge < -0.3 is 15.4 Å². The lowest BCUT2D eigenvalue weighted by molar-refractivity contribution is 0.326. The maximum atomic E-state index is 5.78.